The van der Waals surface area contributed by atoms with Gasteiger partial charge in [0.2, 0.25) is 0 Å². The van der Waals surface area contributed by atoms with Gasteiger partial charge in [-0.1, -0.05) is 217 Å². The van der Waals surface area contributed by atoms with E-state index >= 15 is 0 Å². The molecule has 0 saturated carbocycles. The van der Waals surface area contributed by atoms with E-state index in [-0.39, 0.29) is 37.5 Å². The maximum atomic E-state index is 12.8. The highest BCUT2D eigenvalue weighted by molar-refractivity contribution is 5.71. The number of carbonyl (C=O) groups is 3. The van der Waals surface area contributed by atoms with Gasteiger partial charge >= 0.3 is 17.9 Å². The molecule has 0 spiro atoms. The fraction of sp³-hybridized carbons (Fsp3) is 0.796. The van der Waals surface area contributed by atoms with Crippen molar-refractivity contribution in [3.63, 3.8) is 0 Å². The van der Waals surface area contributed by atoms with Gasteiger partial charge in [0, 0.05) is 19.3 Å². The van der Waals surface area contributed by atoms with Crippen molar-refractivity contribution in [2.24, 2.45) is 0 Å². The molecule has 0 N–H and O–H groups in total. The molecule has 60 heavy (non-hydrogen) atoms. The SMILES string of the molecule is CC/C=C\C/C=C\C/C=C\CCCC(=O)OCC(COC(=O)CCCCCCCCCCCCCCCCCCC)OC(=O)CCCCC/C=C\CCCCCCCCC. The second-order valence-corrected chi connectivity index (χ2v) is 17.1. The lowest BCUT2D eigenvalue weighted by molar-refractivity contribution is -0.167. The summed E-state index contributed by atoms with van der Waals surface area (Å²) < 4.78 is 16.7. The van der Waals surface area contributed by atoms with Crippen molar-refractivity contribution in [1.29, 1.82) is 0 Å². The molecule has 348 valence electrons. The molecule has 1 atom stereocenters. The summed E-state index contributed by atoms with van der Waals surface area (Å²) in [5.74, 6) is -0.959. The van der Waals surface area contributed by atoms with Crippen molar-refractivity contribution in [3.8, 4) is 0 Å². The summed E-state index contributed by atoms with van der Waals surface area (Å²) in [5.41, 5.74) is 0. The van der Waals surface area contributed by atoms with Gasteiger partial charge in [-0.05, 0) is 70.6 Å². The van der Waals surface area contributed by atoms with Gasteiger partial charge in [0.1, 0.15) is 13.2 Å². The maximum Gasteiger partial charge on any atom is 0.306 e. The molecule has 0 aliphatic carbocycles. The first-order valence-electron chi connectivity index (χ1n) is 25.6. The Balaban J connectivity index is 4.38. The zero-order valence-electron chi connectivity index (χ0n) is 39.7. The van der Waals surface area contributed by atoms with Gasteiger partial charge in [0.25, 0.3) is 0 Å². The Labute approximate surface area is 371 Å². The molecule has 0 aliphatic rings. The topological polar surface area (TPSA) is 78.9 Å². The van der Waals surface area contributed by atoms with Gasteiger partial charge in [-0.2, -0.15) is 0 Å². The summed E-state index contributed by atoms with van der Waals surface area (Å²) in [4.78, 5) is 37.9. The van der Waals surface area contributed by atoms with E-state index in [0.29, 0.717) is 19.3 Å². The third-order valence-corrected chi connectivity index (χ3v) is 11.1. The molecular weight excluding hydrogens is 745 g/mol. The van der Waals surface area contributed by atoms with Crippen LogP contribution in [0, 0.1) is 0 Å². The van der Waals surface area contributed by atoms with Crippen molar-refractivity contribution >= 4 is 17.9 Å². The predicted molar refractivity (Wildman–Crippen MR) is 256 cm³/mol. The summed E-state index contributed by atoms with van der Waals surface area (Å²) in [5, 5.41) is 0. The van der Waals surface area contributed by atoms with Gasteiger partial charge in [0.05, 0.1) is 0 Å². The maximum absolute atomic E-state index is 12.8. The number of hydrogen-bond acceptors (Lipinski definition) is 6. The summed E-state index contributed by atoms with van der Waals surface area (Å²) in [6.45, 7) is 6.47. The van der Waals surface area contributed by atoms with E-state index in [4.69, 9.17) is 14.2 Å². The number of unbranched alkanes of at least 4 members (excludes halogenated alkanes) is 27. The van der Waals surface area contributed by atoms with Crippen molar-refractivity contribution in [2.45, 2.75) is 264 Å². The number of esters is 3. The minimum atomic E-state index is -0.797. The van der Waals surface area contributed by atoms with E-state index in [1.54, 1.807) is 0 Å². The Bertz CT molecular complexity index is 1060. The van der Waals surface area contributed by atoms with E-state index in [2.05, 4.69) is 69.4 Å². The van der Waals surface area contributed by atoms with Crippen LogP contribution >= 0.6 is 0 Å². The van der Waals surface area contributed by atoms with Crippen LogP contribution < -0.4 is 0 Å². The quantitative estimate of drug-likeness (QED) is 0.0263. The average molecular weight is 841 g/mol. The highest BCUT2D eigenvalue weighted by Crippen LogP contribution is 2.15. The van der Waals surface area contributed by atoms with Crippen LogP contribution in [0.25, 0.3) is 0 Å². The van der Waals surface area contributed by atoms with Crippen LogP contribution in [0.2, 0.25) is 0 Å². The van der Waals surface area contributed by atoms with Gasteiger partial charge in [-0.25, -0.2) is 0 Å². The Morgan fingerprint density at radius 1 is 0.350 bits per heavy atom. The lowest BCUT2D eigenvalue weighted by Gasteiger charge is -2.18. The number of hydrogen-bond donors (Lipinski definition) is 0. The Kier molecular flexibility index (Phi) is 46.9. The molecule has 0 heterocycles. The van der Waals surface area contributed by atoms with Crippen molar-refractivity contribution in [2.75, 3.05) is 13.2 Å². The number of allylic oxidation sites excluding steroid dienone is 8. The largest absolute Gasteiger partial charge is 0.462 e. The van der Waals surface area contributed by atoms with Crippen molar-refractivity contribution in [3.05, 3.63) is 48.6 Å². The molecule has 0 rings (SSSR count). The smallest absolute Gasteiger partial charge is 0.306 e. The van der Waals surface area contributed by atoms with Crippen LogP contribution in [0.5, 0.6) is 0 Å². The van der Waals surface area contributed by atoms with Crippen LogP contribution in [0.1, 0.15) is 258 Å². The Morgan fingerprint density at radius 3 is 1.12 bits per heavy atom. The Hall–Kier alpha value is -2.63. The molecule has 0 saturated heterocycles. The minimum absolute atomic E-state index is 0.0924. The molecule has 0 bridgehead atoms. The molecule has 6 nitrogen and oxygen atoms in total. The van der Waals surface area contributed by atoms with Crippen LogP contribution in [0.3, 0.4) is 0 Å². The van der Waals surface area contributed by atoms with Crippen LogP contribution in [-0.4, -0.2) is 37.2 Å². The third-order valence-electron chi connectivity index (χ3n) is 11.1. The lowest BCUT2D eigenvalue weighted by Crippen LogP contribution is -2.30. The second-order valence-electron chi connectivity index (χ2n) is 17.1. The average Bonchev–Trinajstić information content (AvgIpc) is 3.24. The van der Waals surface area contributed by atoms with E-state index in [1.165, 1.54) is 135 Å². The van der Waals surface area contributed by atoms with E-state index < -0.39 is 6.10 Å². The summed E-state index contributed by atoms with van der Waals surface area (Å²) in [6.07, 6.45) is 58.2. The van der Waals surface area contributed by atoms with E-state index in [1.807, 2.05) is 0 Å². The lowest BCUT2D eigenvalue weighted by atomic mass is 10.0. The molecule has 0 amide bonds. The first kappa shape index (κ1) is 57.4. The van der Waals surface area contributed by atoms with E-state index in [9.17, 15) is 14.4 Å². The van der Waals surface area contributed by atoms with Crippen LogP contribution in [0.4, 0.5) is 0 Å². The van der Waals surface area contributed by atoms with Gasteiger partial charge < -0.3 is 14.2 Å². The minimum Gasteiger partial charge on any atom is -0.462 e. The van der Waals surface area contributed by atoms with Gasteiger partial charge in [-0.3, -0.25) is 14.4 Å². The summed E-state index contributed by atoms with van der Waals surface area (Å²) >= 11 is 0. The monoisotopic (exact) mass is 841 g/mol. The molecule has 0 aliphatic heterocycles. The predicted octanol–water partition coefficient (Wildman–Crippen LogP) is 16.7. The van der Waals surface area contributed by atoms with Crippen molar-refractivity contribution < 1.29 is 28.6 Å². The molecule has 0 aromatic rings. The highest BCUT2D eigenvalue weighted by atomic mass is 16.6. The molecule has 0 aromatic heterocycles. The second kappa shape index (κ2) is 49.0. The van der Waals surface area contributed by atoms with Gasteiger partial charge in [0.15, 0.2) is 6.10 Å². The molecule has 1 unspecified atom stereocenters. The summed E-state index contributed by atoms with van der Waals surface area (Å²) in [7, 11) is 0. The number of ether oxygens (including phenoxy) is 3. The third kappa shape index (κ3) is 46.4. The summed E-state index contributed by atoms with van der Waals surface area (Å²) in [6, 6.07) is 0. The van der Waals surface area contributed by atoms with Crippen LogP contribution in [0.15, 0.2) is 48.6 Å². The van der Waals surface area contributed by atoms with Crippen molar-refractivity contribution in [1.82, 2.24) is 0 Å². The first-order valence-corrected chi connectivity index (χ1v) is 25.6. The molecule has 6 heteroatoms. The number of carbonyl (C=O) groups excluding carboxylic acids is 3. The van der Waals surface area contributed by atoms with Gasteiger partial charge in [-0.15, -0.1) is 0 Å². The zero-order chi connectivity index (χ0) is 43.7. The first-order chi connectivity index (χ1) is 29.5. The molecule has 0 fully saturated rings. The molecular formula is C54H96O6. The molecule has 0 radical (unpaired) electrons. The standard InChI is InChI=1S/C54H96O6/c1-4-7-10-13-16-19-22-24-26-27-28-30-32-35-38-41-44-47-53(56)59-50-51(49-58-52(55)46-43-40-37-34-31-21-18-15-12-9-6-3)60-54(57)48-45-42-39-36-33-29-25-23-20-17-14-11-8-5-2/h9,12,18,21,29,33-34,37,51H,4-8,10-11,13-17,19-20,22-28,30-32,35-36,38-50H2,1-3H3/b12-9-,21-18-,33-29-,37-34-. The molecule has 0 aromatic carbocycles. The number of rotatable bonds is 46. The Morgan fingerprint density at radius 2 is 0.667 bits per heavy atom. The zero-order valence-corrected chi connectivity index (χ0v) is 39.7. The fourth-order valence-corrected chi connectivity index (χ4v) is 7.23. The van der Waals surface area contributed by atoms with Crippen LogP contribution in [-0.2, 0) is 28.6 Å². The van der Waals surface area contributed by atoms with E-state index in [0.717, 1.165) is 77.0 Å². The highest BCUT2D eigenvalue weighted by Gasteiger charge is 2.19. The fourth-order valence-electron chi connectivity index (χ4n) is 7.23. The normalized spacial score (nSPS) is 12.4.